The molecule has 0 fully saturated rings. The molecule has 78 valence electrons. The number of aliphatic hydroxyl groups excluding tert-OH is 2. The van der Waals surface area contributed by atoms with Crippen molar-refractivity contribution in [3.63, 3.8) is 0 Å². The molecule has 6 heteroatoms. The third kappa shape index (κ3) is 4.79. The standard InChI is InChI=1S/C7H15NO5/c1-13-4-6(7(11)12)8-5(2-9)3-10/h5-6,8-10H,2-4H2,1H3,(H,11,12). The Labute approximate surface area is 76.1 Å². The summed E-state index contributed by atoms with van der Waals surface area (Å²) in [4.78, 5) is 10.6. The maximum atomic E-state index is 10.6. The van der Waals surface area contributed by atoms with Crippen molar-refractivity contribution in [3.8, 4) is 0 Å². The van der Waals surface area contributed by atoms with Crippen molar-refractivity contribution in [2.75, 3.05) is 26.9 Å². The van der Waals surface area contributed by atoms with E-state index in [4.69, 9.17) is 15.3 Å². The van der Waals surface area contributed by atoms with Crippen LogP contribution in [0.2, 0.25) is 0 Å². The van der Waals surface area contributed by atoms with Gasteiger partial charge in [-0.05, 0) is 0 Å². The van der Waals surface area contributed by atoms with Crippen molar-refractivity contribution < 1.29 is 24.9 Å². The van der Waals surface area contributed by atoms with Crippen molar-refractivity contribution in [2.45, 2.75) is 12.1 Å². The second-order valence-corrected chi connectivity index (χ2v) is 2.57. The molecule has 0 aromatic heterocycles. The number of ether oxygens (including phenoxy) is 1. The molecule has 0 aliphatic carbocycles. The van der Waals surface area contributed by atoms with Crippen molar-refractivity contribution in [1.29, 1.82) is 0 Å². The summed E-state index contributed by atoms with van der Waals surface area (Å²) in [6.07, 6.45) is 0. The lowest BCUT2D eigenvalue weighted by atomic mass is 10.2. The number of aliphatic carboxylic acids is 1. The van der Waals surface area contributed by atoms with Gasteiger partial charge in [0.25, 0.3) is 0 Å². The topological polar surface area (TPSA) is 99.0 Å². The maximum Gasteiger partial charge on any atom is 0.323 e. The molecular weight excluding hydrogens is 178 g/mol. The molecule has 0 aliphatic rings. The van der Waals surface area contributed by atoms with Gasteiger partial charge in [-0.15, -0.1) is 0 Å². The predicted molar refractivity (Wildman–Crippen MR) is 44.4 cm³/mol. The van der Waals surface area contributed by atoms with E-state index < -0.39 is 18.1 Å². The third-order valence-corrected chi connectivity index (χ3v) is 1.51. The number of carboxylic acids is 1. The summed E-state index contributed by atoms with van der Waals surface area (Å²) in [5.41, 5.74) is 0. The molecule has 0 aromatic carbocycles. The van der Waals surface area contributed by atoms with Crippen LogP contribution in [0.4, 0.5) is 0 Å². The van der Waals surface area contributed by atoms with Gasteiger partial charge in [-0.2, -0.15) is 0 Å². The second-order valence-electron chi connectivity index (χ2n) is 2.57. The number of carbonyl (C=O) groups is 1. The van der Waals surface area contributed by atoms with Crippen LogP contribution in [0.3, 0.4) is 0 Å². The van der Waals surface area contributed by atoms with E-state index in [2.05, 4.69) is 10.1 Å². The average molecular weight is 193 g/mol. The Bertz CT molecular complexity index is 148. The van der Waals surface area contributed by atoms with E-state index in [9.17, 15) is 4.79 Å². The fourth-order valence-electron chi connectivity index (χ4n) is 0.805. The molecule has 0 saturated heterocycles. The Balaban J connectivity index is 3.99. The first-order valence-electron chi connectivity index (χ1n) is 3.85. The van der Waals surface area contributed by atoms with Crippen LogP contribution in [0.1, 0.15) is 0 Å². The van der Waals surface area contributed by atoms with Gasteiger partial charge >= 0.3 is 5.97 Å². The maximum absolute atomic E-state index is 10.6. The largest absolute Gasteiger partial charge is 0.480 e. The van der Waals surface area contributed by atoms with E-state index in [1.807, 2.05) is 0 Å². The lowest BCUT2D eigenvalue weighted by Crippen LogP contribution is -2.49. The molecule has 1 unspecified atom stereocenters. The van der Waals surface area contributed by atoms with E-state index in [1.165, 1.54) is 7.11 Å². The number of hydrogen-bond acceptors (Lipinski definition) is 5. The fourth-order valence-corrected chi connectivity index (χ4v) is 0.805. The molecule has 0 aromatic rings. The normalized spacial score (nSPS) is 13.2. The molecule has 0 amide bonds. The smallest absolute Gasteiger partial charge is 0.323 e. The number of carboxylic acid groups (broad SMARTS) is 1. The minimum absolute atomic E-state index is 0.00810. The molecule has 4 N–H and O–H groups in total. The van der Waals surface area contributed by atoms with Gasteiger partial charge in [0.05, 0.1) is 25.9 Å². The lowest BCUT2D eigenvalue weighted by molar-refractivity contribution is -0.141. The summed E-state index contributed by atoms with van der Waals surface area (Å²) in [6.45, 7) is -0.639. The van der Waals surface area contributed by atoms with E-state index in [0.29, 0.717) is 0 Å². The van der Waals surface area contributed by atoms with Crippen LogP contribution in [0.5, 0.6) is 0 Å². The molecule has 0 rings (SSSR count). The number of aliphatic hydroxyl groups is 2. The van der Waals surface area contributed by atoms with E-state index in [-0.39, 0.29) is 19.8 Å². The lowest BCUT2D eigenvalue weighted by Gasteiger charge is -2.19. The number of hydrogen-bond donors (Lipinski definition) is 4. The molecule has 1 atom stereocenters. The van der Waals surface area contributed by atoms with Crippen molar-refractivity contribution in [2.24, 2.45) is 0 Å². The van der Waals surface area contributed by atoms with Crippen LogP contribution in [0.25, 0.3) is 0 Å². The Kier molecular flexibility index (Phi) is 6.43. The van der Waals surface area contributed by atoms with Gasteiger partial charge in [0.15, 0.2) is 0 Å². The van der Waals surface area contributed by atoms with Gasteiger partial charge in [-0.3, -0.25) is 10.1 Å². The van der Waals surface area contributed by atoms with Crippen LogP contribution in [0.15, 0.2) is 0 Å². The van der Waals surface area contributed by atoms with Gasteiger partial charge in [0.2, 0.25) is 0 Å². The van der Waals surface area contributed by atoms with Gasteiger partial charge in [-0.25, -0.2) is 0 Å². The van der Waals surface area contributed by atoms with Gasteiger partial charge < -0.3 is 20.1 Å². The quantitative estimate of drug-likeness (QED) is 0.374. The number of methoxy groups -OCH3 is 1. The van der Waals surface area contributed by atoms with Crippen LogP contribution in [0, 0.1) is 0 Å². The summed E-state index contributed by atoms with van der Waals surface area (Å²) >= 11 is 0. The highest BCUT2D eigenvalue weighted by Crippen LogP contribution is 1.89. The Morgan fingerprint density at radius 3 is 2.31 bits per heavy atom. The number of nitrogens with one attached hydrogen (secondary N) is 1. The monoisotopic (exact) mass is 193 g/mol. The van der Waals surface area contributed by atoms with Gasteiger partial charge in [0, 0.05) is 7.11 Å². The summed E-state index contributed by atoms with van der Waals surface area (Å²) < 4.78 is 4.65. The zero-order chi connectivity index (χ0) is 10.3. The van der Waals surface area contributed by atoms with E-state index in [1.54, 1.807) is 0 Å². The van der Waals surface area contributed by atoms with Crippen molar-refractivity contribution in [1.82, 2.24) is 5.32 Å². The highest BCUT2D eigenvalue weighted by Gasteiger charge is 2.20. The average Bonchev–Trinajstić information content (AvgIpc) is 2.11. The van der Waals surface area contributed by atoms with Crippen LogP contribution >= 0.6 is 0 Å². The molecule has 0 radical (unpaired) electrons. The molecule has 0 aliphatic heterocycles. The highest BCUT2D eigenvalue weighted by atomic mass is 16.5. The third-order valence-electron chi connectivity index (χ3n) is 1.51. The van der Waals surface area contributed by atoms with Crippen LogP contribution < -0.4 is 5.32 Å². The zero-order valence-corrected chi connectivity index (χ0v) is 7.43. The molecule has 0 heterocycles. The molecule has 0 bridgehead atoms. The predicted octanol–water partition coefficient (Wildman–Crippen LogP) is -1.97. The summed E-state index contributed by atoms with van der Waals surface area (Å²) in [7, 11) is 1.38. The SMILES string of the molecule is COCC(NC(CO)CO)C(=O)O. The molecule has 6 nitrogen and oxygen atoms in total. The van der Waals surface area contributed by atoms with Crippen molar-refractivity contribution in [3.05, 3.63) is 0 Å². The van der Waals surface area contributed by atoms with Crippen LogP contribution in [-0.2, 0) is 9.53 Å². The summed E-state index contributed by atoms with van der Waals surface area (Å²) in [5, 5.41) is 28.5. The summed E-state index contributed by atoms with van der Waals surface area (Å²) in [5.74, 6) is -1.08. The van der Waals surface area contributed by atoms with E-state index >= 15 is 0 Å². The molecular formula is C7H15NO5. The van der Waals surface area contributed by atoms with Crippen LogP contribution in [-0.4, -0.2) is 60.3 Å². The minimum atomic E-state index is -1.08. The van der Waals surface area contributed by atoms with Crippen molar-refractivity contribution >= 4 is 5.97 Å². The first-order chi connectivity index (χ1) is 6.15. The molecule has 0 spiro atoms. The number of rotatable bonds is 7. The molecule has 13 heavy (non-hydrogen) atoms. The first-order valence-corrected chi connectivity index (χ1v) is 3.85. The zero-order valence-electron chi connectivity index (χ0n) is 7.43. The molecule has 0 saturated carbocycles. The first kappa shape index (κ1) is 12.3. The Morgan fingerprint density at radius 2 is 2.00 bits per heavy atom. The van der Waals surface area contributed by atoms with Gasteiger partial charge in [0.1, 0.15) is 6.04 Å². The minimum Gasteiger partial charge on any atom is -0.480 e. The van der Waals surface area contributed by atoms with Gasteiger partial charge in [-0.1, -0.05) is 0 Å². The Hall–Kier alpha value is -0.690. The van der Waals surface area contributed by atoms with E-state index in [0.717, 1.165) is 0 Å². The second kappa shape index (κ2) is 6.79. The Morgan fingerprint density at radius 1 is 1.46 bits per heavy atom. The fraction of sp³-hybridized carbons (Fsp3) is 0.857. The summed E-state index contributed by atoms with van der Waals surface area (Å²) in [6, 6.07) is -1.54. The highest BCUT2D eigenvalue weighted by molar-refractivity contribution is 5.73.